The number of carboxylic acids is 1. The van der Waals surface area contributed by atoms with Crippen molar-refractivity contribution in [2.24, 2.45) is 0 Å². The number of nitrogens with one attached hydrogen (secondary N) is 2. The Morgan fingerprint density at radius 1 is 1.19 bits per heavy atom. The molecule has 6 N–H and O–H groups in total. The minimum Gasteiger partial charge on any atom is -0.480 e. The van der Waals surface area contributed by atoms with Crippen LogP contribution >= 0.6 is 0 Å². The van der Waals surface area contributed by atoms with Gasteiger partial charge in [0.1, 0.15) is 18.3 Å². The predicted molar refractivity (Wildman–Crippen MR) is 70.5 cm³/mol. The van der Waals surface area contributed by atoms with Gasteiger partial charge < -0.3 is 35.8 Å². The number of amides is 1. The molecule has 5 unspecified atom stereocenters. The zero-order valence-corrected chi connectivity index (χ0v) is 11.7. The van der Waals surface area contributed by atoms with E-state index in [1.165, 1.54) is 6.92 Å². The topological polar surface area (TPSA) is 148 Å². The summed E-state index contributed by atoms with van der Waals surface area (Å²) in [5.74, 6) is -1.39. The zero-order valence-electron chi connectivity index (χ0n) is 11.7. The molecule has 9 heteroatoms. The molecule has 0 saturated carbocycles. The number of carbonyl (C=O) groups excluding carboxylic acids is 1. The van der Waals surface area contributed by atoms with Crippen molar-refractivity contribution >= 4 is 11.9 Å². The van der Waals surface area contributed by atoms with Crippen LogP contribution in [0.3, 0.4) is 0 Å². The van der Waals surface area contributed by atoms with Gasteiger partial charge in [0.25, 0.3) is 0 Å². The van der Waals surface area contributed by atoms with Gasteiger partial charge in [-0.15, -0.1) is 0 Å². The Labute approximate surface area is 121 Å². The van der Waals surface area contributed by atoms with Crippen LogP contribution in [0.4, 0.5) is 0 Å². The minimum absolute atomic E-state index is 0.216. The third-order valence-electron chi connectivity index (χ3n) is 3.28. The van der Waals surface area contributed by atoms with E-state index in [0.717, 1.165) is 0 Å². The van der Waals surface area contributed by atoms with E-state index in [-0.39, 0.29) is 19.0 Å². The zero-order chi connectivity index (χ0) is 16.0. The maximum atomic E-state index is 11.2. The second-order valence-corrected chi connectivity index (χ2v) is 4.96. The van der Waals surface area contributed by atoms with Crippen molar-refractivity contribution in [1.82, 2.24) is 10.6 Å². The lowest BCUT2D eigenvalue weighted by Gasteiger charge is -2.42. The lowest BCUT2D eigenvalue weighted by atomic mass is 9.91. The maximum absolute atomic E-state index is 11.2. The predicted octanol–water partition coefficient (Wildman–Crippen LogP) is -2.96. The van der Waals surface area contributed by atoms with Gasteiger partial charge in [0.2, 0.25) is 5.91 Å². The summed E-state index contributed by atoms with van der Waals surface area (Å²) in [5, 5.41) is 42.7. The summed E-state index contributed by atoms with van der Waals surface area (Å²) in [7, 11) is 0. The van der Waals surface area contributed by atoms with Crippen LogP contribution in [0.25, 0.3) is 0 Å². The Kier molecular flexibility index (Phi) is 6.99. The van der Waals surface area contributed by atoms with Gasteiger partial charge >= 0.3 is 5.97 Å². The van der Waals surface area contributed by atoms with Gasteiger partial charge in [0, 0.05) is 6.92 Å². The Balaban J connectivity index is 2.64. The second-order valence-electron chi connectivity index (χ2n) is 4.96. The highest BCUT2D eigenvalue weighted by molar-refractivity contribution is 5.73. The van der Waals surface area contributed by atoms with Gasteiger partial charge in [-0.3, -0.25) is 9.59 Å². The number of rotatable bonds is 7. The normalized spacial score (nSPS) is 32.7. The third-order valence-corrected chi connectivity index (χ3v) is 3.28. The molecule has 21 heavy (non-hydrogen) atoms. The molecule has 0 aromatic rings. The number of ether oxygens (including phenoxy) is 1. The molecule has 0 aromatic heterocycles. The van der Waals surface area contributed by atoms with Crippen LogP contribution < -0.4 is 10.6 Å². The average Bonchev–Trinajstić information content (AvgIpc) is 2.41. The Morgan fingerprint density at radius 2 is 1.86 bits per heavy atom. The third kappa shape index (κ3) is 5.21. The number of carbonyl (C=O) groups is 2. The summed E-state index contributed by atoms with van der Waals surface area (Å²) in [6.45, 7) is 0.876. The number of carboxylic acid groups (broad SMARTS) is 1. The van der Waals surface area contributed by atoms with Gasteiger partial charge in [-0.25, -0.2) is 0 Å². The van der Waals surface area contributed by atoms with E-state index in [1.807, 2.05) is 0 Å². The lowest BCUT2D eigenvalue weighted by molar-refractivity contribution is -0.196. The number of hydrogen-bond donors (Lipinski definition) is 6. The summed E-state index contributed by atoms with van der Waals surface area (Å²) in [6.07, 6.45) is -3.88. The van der Waals surface area contributed by atoms with E-state index in [1.54, 1.807) is 0 Å². The van der Waals surface area contributed by atoms with Crippen LogP contribution in [0.1, 0.15) is 13.3 Å². The van der Waals surface area contributed by atoms with E-state index in [0.29, 0.717) is 6.42 Å². The van der Waals surface area contributed by atoms with Gasteiger partial charge in [-0.2, -0.15) is 0 Å². The number of aliphatic carboxylic acids is 1. The lowest BCUT2D eigenvalue weighted by Crippen LogP contribution is -2.64. The van der Waals surface area contributed by atoms with Crippen LogP contribution in [0.15, 0.2) is 0 Å². The van der Waals surface area contributed by atoms with Gasteiger partial charge in [0.05, 0.1) is 25.3 Å². The second kappa shape index (κ2) is 8.25. The molecule has 1 aliphatic heterocycles. The van der Waals surface area contributed by atoms with Crippen molar-refractivity contribution < 1.29 is 34.8 Å². The fourth-order valence-corrected chi connectivity index (χ4v) is 2.29. The van der Waals surface area contributed by atoms with E-state index < -0.39 is 43.0 Å². The van der Waals surface area contributed by atoms with E-state index in [4.69, 9.17) is 14.9 Å². The minimum atomic E-state index is -1.31. The molecule has 1 amide bonds. The quantitative estimate of drug-likeness (QED) is 0.273. The highest BCUT2D eigenvalue weighted by Gasteiger charge is 2.44. The first-order valence-corrected chi connectivity index (χ1v) is 6.69. The Hall–Kier alpha value is -1.26. The number of aliphatic hydroxyl groups is 3. The van der Waals surface area contributed by atoms with Crippen molar-refractivity contribution in [3.63, 3.8) is 0 Å². The first kappa shape index (κ1) is 17.8. The first-order valence-electron chi connectivity index (χ1n) is 6.69. The maximum Gasteiger partial charge on any atom is 0.317 e. The van der Waals surface area contributed by atoms with Crippen LogP contribution in [-0.4, -0.2) is 82.5 Å². The standard InChI is InChI=1S/C12H22N2O7/c1-6(16)14-10-7(2-3-13-4-9(17)18)21-8(5-15)11(19)12(10)20/h7-8,10-13,15,19-20H,2-5H2,1H3,(H,14,16)(H,17,18). The van der Waals surface area contributed by atoms with Crippen LogP contribution in [0, 0.1) is 0 Å². The monoisotopic (exact) mass is 306 g/mol. The van der Waals surface area contributed by atoms with Gasteiger partial charge in [-0.05, 0) is 13.0 Å². The molecule has 9 nitrogen and oxygen atoms in total. The molecule has 1 heterocycles. The SMILES string of the molecule is CC(=O)NC1C(CCNCC(=O)O)OC(CO)C(O)C1O. The highest BCUT2D eigenvalue weighted by Crippen LogP contribution is 2.23. The van der Waals surface area contributed by atoms with Crippen molar-refractivity contribution in [2.75, 3.05) is 19.7 Å². The van der Waals surface area contributed by atoms with Crippen LogP contribution in [0.5, 0.6) is 0 Å². The fraction of sp³-hybridized carbons (Fsp3) is 0.833. The molecule has 1 fully saturated rings. The number of aliphatic hydroxyl groups excluding tert-OH is 3. The molecular formula is C12H22N2O7. The van der Waals surface area contributed by atoms with Crippen molar-refractivity contribution in [3.05, 3.63) is 0 Å². The molecule has 0 bridgehead atoms. The number of hydrogen-bond acceptors (Lipinski definition) is 7. The molecular weight excluding hydrogens is 284 g/mol. The Bertz CT molecular complexity index is 366. The largest absolute Gasteiger partial charge is 0.480 e. The summed E-state index contributed by atoms with van der Waals surface area (Å²) >= 11 is 0. The highest BCUT2D eigenvalue weighted by atomic mass is 16.5. The van der Waals surface area contributed by atoms with Crippen molar-refractivity contribution in [3.8, 4) is 0 Å². The smallest absolute Gasteiger partial charge is 0.317 e. The van der Waals surface area contributed by atoms with E-state index in [2.05, 4.69) is 10.6 Å². The molecule has 5 atom stereocenters. The van der Waals surface area contributed by atoms with Gasteiger partial charge in [-0.1, -0.05) is 0 Å². The molecule has 122 valence electrons. The van der Waals surface area contributed by atoms with E-state index >= 15 is 0 Å². The first-order chi connectivity index (χ1) is 9.86. The summed E-state index contributed by atoms with van der Waals surface area (Å²) in [4.78, 5) is 21.6. The molecule has 1 saturated heterocycles. The molecule has 1 rings (SSSR count). The molecule has 0 aliphatic carbocycles. The Morgan fingerprint density at radius 3 is 2.38 bits per heavy atom. The summed E-state index contributed by atoms with van der Waals surface area (Å²) in [5.41, 5.74) is 0. The van der Waals surface area contributed by atoms with Crippen molar-refractivity contribution in [2.45, 2.75) is 43.8 Å². The molecule has 0 spiro atoms. The van der Waals surface area contributed by atoms with Gasteiger partial charge in [0.15, 0.2) is 0 Å². The average molecular weight is 306 g/mol. The summed E-state index contributed by atoms with van der Waals surface area (Å²) < 4.78 is 5.48. The summed E-state index contributed by atoms with van der Waals surface area (Å²) in [6, 6.07) is -0.827. The van der Waals surface area contributed by atoms with Crippen molar-refractivity contribution in [1.29, 1.82) is 0 Å². The molecule has 0 radical (unpaired) electrons. The molecule has 1 aliphatic rings. The fourth-order valence-electron chi connectivity index (χ4n) is 2.29. The van der Waals surface area contributed by atoms with Crippen LogP contribution in [0.2, 0.25) is 0 Å². The molecule has 0 aromatic carbocycles. The van der Waals surface area contributed by atoms with Crippen LogP contribution in [-0.2, 0) is 14.3 Å². The van der Waals surface area contributed by atoms with E-state index in [9.17, 15) is 19.8 Å².